The Morgan fingerprint density at radius 2 is 1.94 bits per heavy atom. The summed E-state index contributed by atoms with van der Waals surface area (Å²) in [5, 5.41) is 10.4. The van der Waals surface area contributed by atoms with Gasteiger partial charge in [-0.15, -0.1) is 0 Å². The Balaban J connectivity index is 2.11. The Labute approximate surface area is 102 Å². The molecule has 1 nitrogen and oxygen atoms in total. The molecule has 0 atom stereocenters. The SMILES string of the molecule is OCC1(Cc2cccc(Cl)c2)CCCCC1. The first-order valence-corrected chi connectivity index (χ1v) is 6.47. The lowest BCUT2D eigenvalue weighted by Gasteiger charge is -2.35. The molecule has 16 heavy (non-hydrogen) atoms. The van der Waals surface area contributed by atoms with Crippen molar-refractivity contribution in [1.29, 1.82) is 0 Å². The fourth-order valence-electron chi connectivity index (χ4n) is 2.77. The van der Waals surface area contributed by atoms with E-state index in [1.165, 1.54) is 24.8 Å². The van der Waals surface area contributed by atoms with Gasteiger partial charge < -0.3 is 5.11 Å². The summed E-state index contributed by atoms with van der Waals surface area (Å²) in [7, 11) is 0. The van der Waals surface area contributed by atoms with Crippen LogP contribution in [0.15, 0.2) is 24.3 Å². The molecule has 1 fully saturated rings. The first kappa shape index (κ1) is 11.9. The van der Waals surface area contributed by atoms with Gasteiger partial charge in [0, 0.05) is 11.6 Å². The molecule has 0 aromatic heterocycles. The first-order valence-electron chi connectivity index (χ1n) is 6.09. The summed E-state index contributed by atoms with van der Waals surface area (Å²) in [4.78, 5) is 0. The van der Waals surface area contributed by atoms with E-state index in [4.69, 9.17) is 11.6 Å². The Morgan fingerprint density at radius 3 is 2.56 bits per heavy atom. The number of aliphatic hydroxyl groups is 1. The van der Waals surface area contributed by atoms with E-state index in [2.05, 4.69) is 6.07 Å². The molecule has 0 heterocycles. The maximum Gasteiger partial charge on any atom is 0.0490 e. The predicted molar refractivity (Wildman–Crippen MR) is 67.8 cm³/mol. The van der Waals surface area contributed by atoms with Crippen LogP contribution in [0.25, 0.3) is 0 Å². The number of aliphatic hydroxyl groups excluding tert-OH is 1. The largest absolute Gasteiger partial charge is 0.396 e. The average molecular weight is 239 g/mol. The Bertz CT molecular complexity index is 342. The van der Waals surface area contributed by atoms with Crippen molar-refractivity contribution in [3.05, 3.63) is 34.9 Å². The van der Waals surface area contributed by atoms with Gasteiger partial charge >= 0.3 is 0 Å². The summed E-state index contributed by atoms with van der Waals surface area (Å²) in [5.41, 5.74) is 1.37. The van der Waals surface area contributed by atoms with Crippen molar-refractivity contribution in [1.82, 2.24) is 0 Å². The van der Waals surface area contributed by atoms with E-state index in [0.717, 1.165) is 24.3 Å². The van der Waals surface area contributed by atoms with Gasteiger partial charge in [0.05, 0.1) is 0 Å². The second-order valence-electron chi connectivity index (χ2n) is 5.03. The molecule has 0 radical (unpaired) electrons. The number of hydrogen-bond acceptors (Lipinski definition) is 1. The highest BCUT2D eigenvalue weighted by Crippen LogP contribution is 2.38. The monoisotopic (exact) mass is 238 g/mol. The lowest BCUT2D eigenvalue weighted by atomic mass is 9.71. The third-order valence-corrected chi connectivity index (χ3v) is 3.95. The molecular weight excluding hydrogens is 220 g/mol. The van der Waals surface area contributed by atoms with Gasteiger partial charge in [0.2, 0.25) is 0 Å². The molecule has 0 unspecified atom stereocenters. The zero-order valence-corrected chi connectivity index (χ0v) is 10.3. The molecule has 1 aliphatic rings. The molecule has 1 saturated carbocycles. The minimum Gasteiger partial charge on any atom is -0.396 e. The molecule has 1 N–H and O–H groups in total. The highest BCUT2D eigenvalue weighted by atomic mass is 35.5. The van der Waals surface area contributed by atoms with Crippen LogP contribution >= 0.6 is 11.6 Å². The number of benzene rings is 1. The van der Waals surface area contributed by atoms with Gasteiger partial charge in [-0.05, 0) is 42.4 Å². The van der Waals surface area contributed by atoms with Crippen molar-refractivity contribution in [2.24, 2.45) is 5.41 Å². The van der Waals surface area contributed by atoms with E-state index in [1.807, 2.05) is 18.2 Å². The molecule has 0 saturated heterocycles. The standard InChI is InChI=1S/C14H19ClO/c15-13-6-4-5-12(9-13)10-14(11-16)7-2-1-3-8-14/h4-6,9,16H,1-3,7-8,10-11H2. The minimum absolute atomic E-state index is 0.114. The Morgan fingerprint density at radius 1 is 1.19 bits per heavy atom. The smallest absolute Gasteiger partial charge is 0.0490 e. The van der Waals surface area contributed by atoms with Gasteiger partial charge in [-0.3, -0.25) is 0 Å². The van der Waals surface area contributed by atoms with E-state index >= 15 is 0 Å². The van der Waals surface area contributed by atoms with Crippen molar-refractivity contribution in [3.8, 4) is 0 Å². The van der Waals surface area contributed by atoms with Gasteiger partial charge in [0.25, 0.3) is 0 Å². The van der Waals surface area contributed by atoms with Crippen LogP contribution < -0.4 is 0 Å². The third kappa shape index (κ3) is 2.78. The Hall–Kier alpha value is -0.530. The fraction of sp³-hybridized carbons (Fsp3) is 0.571. The minimum atomic E-state index is 0.114. The van der Waals surface area contributed by atoms with E-state index in [0.29, 0.717) is 6.61 Å². The maximum absolute atomic E-state index is 9.64. The highest BCUT2D eigenvalue weighted by molar-refractivity contribution is 6.30. The Kier molecular flexibility index (Phi) is 3.88. The topological polar surface area (TPSA) is 20.2 Å². The molecule has 0 amide bonds. The lowest BCUT2D eigenvalue weighted by Crippen LogP contribution is -2.30. The molecule has 0 aliphatic heterocycles. The number of hydrogen-bond donors (Lipinski definition) is 1. The zero-order chi connectivity index (χ0) is 11.4. The molecule has 2 rings (SSSR count). The second-order valence-corrected chi connectivity index (χ2v) is 5.46. The molecule has 0 spiro atoms. The van der Waals surface area contributed by atoms with E-state index in [1.54, 1.807) is 0 Å². The van der Waals surface area contributed by atoms with Crippen LogP contribution in [0, 0.1) is 5.41 Å². The highest BCUT2D eigenvalue weighted by Gasteiger charge is 2.31. The van der Waals surface area contributed by atoms with Crippen LogP contribution in [0.2, 0.25) is 5.02 Å². The van der Waals surface area contributed by atoms with Gasteiger partial charge in [-0.2, -0.15) is 0 Å². The van der Waals surface area contributed by atoms with Crippen molar-refractivity contribution < 1.29 is 5.11 Å². The summed E-state index contributed by atoms with van der Waals surface area (Å²) in [6, 6.07) is 8.02. The van der Waals surface area contributed by atoms with Gasteiger partial charge in [-0.1, -0.05) is 43.0 Å². The zero-order valence-electron chi connectivity index (χ0n) is 9.58. The summed E-state index contributed by atoms with van der Waals surface area (Å²) < 4.78 is 0. The van der Waals surface area contributed by atoms with E-state index in [-0.39, 0.29) is 5.41 Å². The summed E-state index contributed by atoms with van der Waals surface area (Å²) in [6.07, 6.45) is 7.08. The summed E-state index contributed by atoms with van der Waals surface area (Å²) in [6.45, 7) is 0.305. The third-order valence-electron chi connectivity index (χ3n) is 3.72. The maximum atomic E-state index is 9.64. The van der Waals surface area contributed by atoms with Gasteiger partial charge in [0.1, 0.15) is 0 Å². The van der Waals surface area contributed by atoms with Gasteiger partial charge in [-0.25, -0.2) is 0 Å². The quantitative estimate of drug-likeness (QED) is 0.849. The fourth-order valence-corrected chi connectivity index (χ4v) is 2.99. The van der Waals surface area contributed by atoms with E-state index in [9.17, 15) is 5.11 Å². The van der Waals surface area contributed by atoms with Crippen LogP contribution in [0.1, 0.15) is 37.7 Å². The predicted octanol–water partition coefficient (Wildman–Crippen LogP) is 3.83. The average Bonchev–Trinajstić information content (AvgIpc) is 2.30. The van der Waals surface area contributed by atoms with Crippen molar-refractivity contribution in [2.45, 2.75) is 38.5 Å². The molecule has 0 bridgehead atoms. The summed E-state index contributed by atoms with van der Waals surface area (Å²) in [5.74, 6) is 0. The molecule has 1 aromatic rings. The molecule has 1 aliphatic carbocycles. The molecule has 1 aromatic carbocycles. The lowest BCUT2D eigenvalue weighted by molar-refractivity contribution is 0.0823. The van der Waals surface area contributed by atoms with Gasteiger partial charge in [0.15, 0.2) is 0 Å². The van der Waals surface area contributed by atoms with Crippen LogP contribution in [0.4, 0.5) is 0 Å². The van der Waals surface area contributed by atoms with Crippen LogP contribution in [-0.4, -0.2) is 11.7 Å². The van der Waals surface area contributed by atoms with E-state index < -0.39 is 0 Å². The number of rotatable bonds is 3. The summed E-state index contributed by atoms with van der Waals surface area (Å²) >= 11 is 5.99. The second kappa shape index (κ2) is 5.20. The first-order chi connectivity index (χ1) is 7.74. The molecule has 88 valence electrons. The van der Waals surface area contributed by atoms with Crippen LogP contribution in [0.5, 0.6) is 0 Å². The van der Waals surface area contributed by atoms with Crippen molar-refractivity contribution >= 4 is 11.6 Å². The normalized spacial score (nSPS) is 19.6. The van der Waals surface area contributed by atoms with Crippen molar-refractivity contribution in [3.63, 3.8) is 0 Å². The molecule has 2 heteroatoms. The van der Waals surface area contributed by atoms with Crippen molar-refractivity contribution in [2.75, 3.05) is 6.61 Å². The van der Waals surface area contributed by atoms with Crippen LogP contribution in [-0.2, 0) is 6.42 Å². The molecular formula is C14H19ClO. The van der Waals surface area contributed by atoms with Crippen LogP contribution in [0.3, 0.4) is 0 Å². The number of halogens is 1.